The third-order valence-electron chi connectivity index (χ3n) is 3.77. The molecule has 0 radical (unpaired) electrons. The van der Waals surface area contributed by atoms with Gasteiger partial charge in [0.1, 0.15) is 5.60 Å². The molecular weight excluding hydrogens is 322 g/mol. The van der Waals surface area contributed by atoms with E-state index in [1.165, 1.54) is 0 Å². The number of piperazine rings is 1. The lowest BCUT2D eigenvalue weighted by Gasteiger charge is -2.34. The van der Waals surface area contributed by atoms with Crippen molar-refractivity contribution in [2.75, 3.05) is 38.0 Å². The Morgan fingerprint density at radius 2 is 1.88 bits per heavy atom. The van der Waals surface area contributed by atoms with Crippen molar-refractivity contribution >= 4 is 24.0 Å². The second-order valence-electron chi connectivity index (χ2n) is 7.00. The normalized spacial score (nSPS) is 15.6. The van der Waals surface area contributed by atoms with Crippen molar-refractivity contribution in [2.45, 2.75) is 26.4 Å². The molecule has 1 aliphatic heterocycles. The molecule has 1 fully saturated rings. The van der Waals surface area contributed by atoms with Crippen LogP contribution in [-0.4, -0.2) is 66.4 Å². The van der Waals surface area contributed by atoms with Crippen LogP contribution >= 0.6 is 0 Å². The molecule has 1 heterocycles. The van der Waals surface area contributed by atoms with E-state index in [4.69, 9.17) is 4.74 Å². The van der Waals surface area contributed by atoms with Crippen LogP contribution < -0.4 is 5.32 Å². The summed E-state index contributed by atoms with van der Waals surface area (Å²) in [6.45, 7) is 8.10. The first kappa shape index (κ1) is 18.9. The minimum Gasteiger partial charge on any atom is -0.459 e. The van der Waals surface area contributed by atoms with Crippen LogP contribution in [0.2, 0.25) is 0 Å². The summed E-state index contributed by atoms with van der Waals surface area (Å²) in [5.74, 6) is -0.327. The number of rotatable bonds is 5. The highest BCUT2D eigenvalue weighted by atomic mass is 16.6. The Hall–Kier alpha value is -2.41. The van der Waals surface area contributed by atoms with Crippen LogP contribution in [0.25, 0.3) is 0 Å². The van der Waals surface area contributed by atoms with Gasteiger partial charge in [0.25, 0.3) is 5.91 Å². The fourth-order valence-corrected chi connectivity index (χ4v) is 2.66. The molecule has 1 N–H and O–H groups in total. The monoisotopic (exact) mass is 347 g/mol. The van der Waals surface area contributed by atoms with Gasteiger partial charge in [0.15, 0.2) is 0 Å². The molecule has 1 aromatic carbocycles. The van der Waals surface area contributed by atoms with Gasteiger partial charge in [-0.1, -0.05) is 6.07 Å². The van der Waals surface area contributed by atoms with E-state index >= 15 is 0 Å². The maximum atomic E-state index is 12.6. The zero-order valence-corrected chi connectivity index (χ0v) is 14.9. The number of hydrogen-bond donors (Lipinski definition) is 1. The Morgan fingerprint density at radius 3 is 2.48 bits per heavy atom. The van der Waals surface area contributed by atoms with Crippen molar-refractivity contribution in [3.05, 3.63) is 29.8 Å². The predicted molar refractivity (Wildman–Crippen MR) is 94.3 cm³/mol. The summed E-state index contributed by atoms with van der Waals surface area (Å²) in [5, 5.41) is 2.54. The number of esters is 1. The fraction of sp³-hybridized carbons (Fsp3) is 0.500. The number of nitrogens with one attached hydrogen (secondary N) is 1. The van der Waals surface area contributed by atoms with Gasteiger partial charge in [-0.15, -0.1) is 0 Å². The minimum atomic E-state index is -0.491. The molecule has 2 amide bonds. The SMILES string of the molecule is CC(C)(C)OC(=O)CN1CCN(C(=O)c2cccc(NC=O)c2)CC1. The Morgan fingerprint density at radius 1 is 1.20 bits per heavy atom. The summed E-state index contributed by atoms with van der Waals surface area (Å²) in [6, 6.07) is 6.84. The van der Waals surface area contributed by atoms with Crippen LogP contribution in [0.1, 0.15) is 31.1 Å². The van der Waals surface area contributed by atoms with Crippen molar-refractivity contribution in [1.82, 2.24) is 9.80 Å². The number of anilines is 1. The van der Waals surface area contributed by atoms with Crippen LogP contribution in [0.3, 0.4) is 0 Å². The first-order chi connectivity index (χ1) is 11.8. The molecule has 0 bridgehead atoms. The van der Waals surface area contributed by atoms with E-state index in [9.17, 15) is 14.4 Å². The molecule has 7 heteroatoms. The van der Waals surface area contributed by atoms with Gasteiger partial charge < -0.3 is 15.0 Å². The van der Waals surface area contributed by atoms with E-state index in [1.807, 2.05) is 25.7 Å². The average Bonchev–Trinajstić information content (AvgIpc) is 2.54. The van der Waals surface area contributed by atoms with Gasteiger partial charge in [-0.2, -0.15) is 0 Å². The summed E-state index contributed by atoms with van der Waals surface area (Å²) in [4.78, 5) is 38.7. The highest BCUT2D eigenvalue weighted by Gasteiger charge is 2.25. The molecule has 0 aromatic heterocycles. The lowest BCUT2D eigenvalue weighted by Crippen LogP contribution is -2.50. The van der Waals surface area contributed by atoms with Gasteiger partial charge in [-0.25, -0.2) is 0 Å². The van der Waals surface area contributed by atoms with E-state index in [1.54, 1.807) is 29.2 Å². The summed E-state index contributed by atoms with van der Waals surface area (Å²) in [7, 11) is 0. The van der Waals surface area contributed by atoms with Crippen molar-refractivity contribution in [3.63, 3.8) is 0 Å². The first-order valence-corrected chi connectivity index (χ1v) is 8.32. The lowest BCUT2D eigenvalue weighted by molar-refractivity contribution is -0.156. The second-order valence-corrected chi connectivity index (χ2v) is 7.00. The first-order valence-electron chi connectivity index (χ1n) is 8.32. The van der Waals surface area contributed by atoms with E-state index in [0.717, 1.165) is 0 Å². The van der Waals surface area contributed by atoms with Crippen molar-refractivity contribution in [2.24, 2.45) is 0 Å². The third kappa shape index (κ3) is 5.86. The number of amides is 2. The maximum Gasteiger partial charge on any atom is 0.320 e. The summed E-state index contributed by atoms with van der Waals surface area (Å²) in [5.41, 5.74) is 0.631. The molecule has 136 valence electrons. The number of benzene rings is 1. The van der Waals surface area contributed by atoms with Crippen LogP contribution in [0.4, 0.5) is 5.69 Å². The van der Waals surface area contributed by atoms with Gasteiger partial charge in [0.05, 0.1) is 6.54 Å². The summed E-state index contributed by atoms with van der Waals surface area (Å²) in [6.07, 6.45) is 0.582. The number of carbonyl (C=O) groups excluding carboxylic acids is 3. The number of hydrogen-bond acceptors (Lipinski definition) is 5. The summed E-state index contributed by atoms with van der Waals surface area (Å²) >= 11 is 0. The number of carbonyl (C=O) groups is 3. The molecule has 0 aliphatic carbocycles. The van der Waals surface area contributed by atoms with E-state index in [2.05, 4.69) is 5.32 Å². The molecule has 2 rings (SSSR count). The largest absolute Gasteiger partial charge is 0.459 e. The molecule has 0 saturated carbocycles. The molecule has 1 saturated heterocycles. The predicted octanol–water partition coefficient (Wildman–Crippen LogP) is 1.35. The molecule has 1 aromatic rings. The molecule has 7 nitrogen and oxygen atoms in total. The van der Waals surface area contributed by atoms with E-state index in [0.29, 0.717) is 43.8 Å². The van der Waals surface area contributed by atoms with Gasteiger partial charge in [0.2, 0.25) is 6.41 Å². The van der Waals surface area contributed by atoms with Gasteiger partial charge in [0, 0.05) is 37.4 Å². The van der Waals surface area contributed by atoms with E-state index < -0.39 is 5.60 Å². The Balaban J connectivity index is 1.87. The van der Waals surface area contributed by atoms with Crippen molar-refractivity contribution in [3.8, 4) is 0 Å². The molecule has 25 heavy (non-hydrogen) atoms. The van der Waals surface area contributed by atoms with Crippen molar-refractivity contribution < 1.29 is 19.1 Å². The third-order valence-corrected chi connectivity index (χ3v) is 3.77. The molecule has 0 unspecified atom stereocenters. The zero-order valence-electron chi connectivity index (χ0n) is 14.9. The Kier molecular flexibility index (Phi) is 6.14. The highest BCUT2D eigenvalue weighted by molar-refractivity contribution is 5.95. The Labute approximate surface area is 147 Å². The number of nitrogens with zero attached hydrogens (tertiary/aromatic N) is 2. The molecule has 0 atom stereocenters. The topological polar surface area (TPSA) is 79.0 Å². The smallest absolute Gasteiger partial charge is 0.320 e. The van der Waals surface area contributed by atoms with E-state index in [-0.39, 0.29) is 18.4 Å². The molecular formula is C18H25N3O4. The quantitative estimate of drug-likeness (QED) is 0.643. The zero-order chi connectivity index (χ0) is 18.4. The van der Waals surface area contributed by atoms with Gasteiger partial charge in [-0.3, -0.25) is 19.3 Å². The second kappa shape index (κ2) is 8.11. The molecule has 1 aliphatic rings. The maximum absolute atomic E-state index is 12.6. The molecule has 0 spiro atoms. The summed E-state index contributed by atoms with van der Waals surface area (Å²) < 4.78 is 5.32. The van der Waals surface area contributed by atoms with Gasteiger partial charge >= 0.3 is 5.97 Å². The Bertz CT molecular complexity index is 631. The van der Waals surface area contributed by atoms with Crippen LogP contribution in [0.5, 0.6) is 0 Å². The van der Waals surface area contributed by atoms with Gasteiger partial charge in [-0.05, 0) is 39.0 Å². The minimum absolute atomic E-state index is 0.0773. The average molecular weight is 347 g/mol. The fourth-order valence-electron chi connectivity index (χ4n) is 2.66. The van der Waals surface area contributed by atoms with Crippen molar-refractivity contribution in [1.29, 1.82) is 0 Å². The highest BCUT2D eigenvalue weighted by Crippen LogP contribution is 2.14. The van der Waals surface area contributed by atoms with Crippen LogP contribution in [-0.2, 0) is 14.3 Å². The lowest BCUT2D eigenvalue weighted by atomic mass is 10.1. The standard InChI is InChI=1S/C18H25N3O4/c1-18(2,3)25-16(23)12-20-7-9-21(10-8-20)17(24)14-5-4-6-15(11-14)19-13-22/h4-6,11,13H,7-10,12H2,1-3H3,(H,19,22). The van der Waals surface area contributed by atoms with Crippen LogP contribution in [0, 0.1) is 0 Å². The number of ether oxygens (including phenoxy) is 1. The van der Waals surface area contributed by atoms with Crippen LogP contribution in [0.15, 0.2) is 24.3 Å².